The summed E-state index contributed by atoms with van der Waals surface area (Å²) in [5.74, 6) is 0.117. The molecule has 2 aromatic carbocycles. The Kier molecular flexibility index (Phi) is 3.69. The van der Waals surface area contributed by atoms with E-state index in [0.717, 1.165) is 22.3 Å². The maximum Gasteiger partial charge on any atom is 0.227 e. The number of aromatic nitrogens is 2. The van der Waals surface area contributed by atoms with Crippen molar-refractivity contribution in [3.05, 3.63) is 60.4 Å². The molecule has 0 aliphatic heterocycles. The zero-order valence-corrected chi connectivity index (χ0v) is 11.9. The summed E-state index contributed by atoms with van der Waals surface area (Å²) >= 11 is 0. The van der Waals surface area contributed by atoms with E-state index in [4.69, 9.17) is 0 Å². The molecule has 1 amide bonds. The quantitative estimate of drug-likeness (QED) is 0.794. The average molecular weight is 279 g/mol. The van der Waals surface area contributed by atoms with Crippen LogP contribution in [-0.4, -0.2) is 15.9 Å². The Labute approximate surface area is 123 Å². The van der Waals surface area contributed by atoms with Crippen LogP contribution < -0.4 is 4.90 Å². The minimum Gasteiger partial charge on any atom is -0.345 e. The third-order valence-electron chi connectivity index (χ3n) is 3.50. The molecule has 1 aromatic heterocycles. The van der Waals surface area contributed by atoms with Crippen LogP contribution in [0.4, 0.5) is 5.69 Å². The van der Waals surface area contributed by atoms with Crippen molar-refractivity contribution in [2.75, 3.05) is 4.90 Å². The van der Waals surface area contributed by atoms with Crippen LogP contribution >= 0.6 is 0 Å². The van der Waals surface area contributed by atoms with Crippen molar-refractivity contribution in [3.63, 3.8) is 0 Å². The van der Waals surface area contributed by atoms with Crippen molar-refractivity contribution in [2.24, 2.45) is 0 Å². The normalized spacial score (nSPS) is 10.7. The van der Waals surface area contributed by atoms with Gasteiger partial charge in [-0.3, -0.25) is 4.79 Å². The Balaban J connectivity index is 1.92. The number of aromatic amines is 1. The predicted octanol–water partition coefficient (Wildman–Crippen LogP) is 3.51. The molecule has 1 heterocycles. The average Bonchev–Trinajstić information content (AvgIpc) is 3.00. The van der Waals surface area contributed by atoms with Gasteiger partial charge < -0.3 is 9.88 Å². The SMILES string of the molecule is CCC(=O)N(Cc1ccc2nc[nH]c2c1)c1ccccc1. The number of hydrogen-bond donors (Lipinski definition) is 1. The molecule has 21 heavy (non-hydrogen) atoms. The highest BCUT2D eigenvalue weighted by molar-refractivity contribution is 5.93. The standard InChI is InChI=1S/C17H17N3O/c1-2-17(21)20(14-6-4-3-5-7-14)11-13-8-9-15-16(10-13)19-12-18-15/h3-10,12H,2,11H2,1H3,(H,18,19). The molecular formula is C17H17N3O. The van der Waals surface area contributed by atoms with Crippen LogP contribution in [0.2, 0.25) is 0 Å². The summed E-state index contributed by atoms with van der Waals surface area (Å²) in [6.07, 6.45) is 2.17. The molecule has 3 aromatic rings. The lowest BCUT2D eigenvalue weighted by atomic mass is 10.1. The Bertz CT molecular complexity index is 749. The molecule has 0 aliphatic rings. The van der Waals surface area contributed by atoms with E-state index in [1.54, 1.807) is 6.33 Å². The molecule has 1 N–H and O–H groups in total. The lowest BCUT2D eigenvalue weighted by Gasteiger charge is -2.22. The van der Waals surface area contributed by atoms with E-state index in [1.165, 1.54) is 0 Å². The number of nitrogens with one attached hydrogen (secondary N) is 1. The second-order valence-corrected chi connectivity index (χ2v) is 4.92. The van der Waals surface area contributed by atoms with Crippen molar-refractivity contribution < 1.29 is 4.79 Å². The molecule has 0 aliphatic carbocycles. The first-order valence-electron chi connectivity index (χ1n) is 7.05. The van der Waals surface area contributed by atoms with Gasteiger partial charge in [0, 0.05) is 12.1 Å². The van der Waals surface area contributed by atoms with Crippen LogP contribution in [-0.2, 0) is 11.3 Å². The number of benzene rings is 2. The number of amides is 1. The van der Waals surface area contributed by atoms with Crippen LogP contribution in [0.25, 0.3) is 11.0 Å². The molecule has 0 bridgehead atoms. The lowest BCUT2D eigenvalue weighted by Crippen LogP contribution is -2.29. The highest BCUT2D eigenvalue weighted by Gasteiger charge is 2.14. The van der Waals surface area contributed by atoms with E-state index in [1.807, 2.05) is 60.4 Å². The van der Waals surface area contributed by atoms with E-state index in [-0.39, 0.29) is 5.91 Å². The fraction of sp³-hybridized carbons (Fsp3) is 0.176. The van der Waals surface area contributed by atoms with Gasteiger partial charge in [-0.25, -0.2) is 4.98 Å². The fourth-order valence-electron chi connectivity index (χ4n) is 2.39. The number of imidazole rings is 1. The largest absolute Gasteiger partial charge is 0.345 e. The van der Waals surface area contributed by atoms with E-state index < -0.39 is 0 Å². The minimum atomic E-state index is 0.117. The molecule has 4 nitrogen and oxygen atoms in total. The van der Waals surface area contributed by atoms with Gasteiger partial charge in [0.15, 0.2) is 0 Å². The molecule has 106 valence electrons. The zero-order chi connectivity index (χ0) is 14.7. The fourth-order valence-corrected chi connectivity index (χ4v) is 2.39. The first-order chi connectivity index (χ1) is 10.3. The monoisotopic (exact) mass is 279 g/mol. The zero-order valence-electron chi connectivity index (χ0n) is 11.9. The van der Waals surface area contributed by atoms with Crippen molar-refractivity contribution in [1.82, 2.24) is 9.97 Å². The topological polar surface area (TPSA) is 49.0 Å². The van der Waals surface area contributed by atoms with Crippen molar-refractivity contribution in [2.45, 2.75) is 19.9 Å². The van der Waals surface area contributed by atoms with E-state index in [0.29, 0.717) is 13.0 Å². The minimum absolute atomic E-state index is 0.117. The molecule has 3 rings (SSSR count). The summed E-state index contributed by atoms with van der Waals surface area (Å²) in [4.78, 5) is 21.4. The second-order valence-electron chi connectivity index (χ2n) is 4.92. The van der Waals surface area contributed by atoms with Gasteiger partial charge in [0.25, 0.3) is 0 Å². The van der Waals surface area contributed by atoms with Crippen LogP contribution in [0.1, 0.15) is 18.9 Å². The van der Waals surface area contributed by atoms with Gasteiger partial charge in [-0.15, -0.1) is 0 Å². The number of rotatable bonds is 4. The summed E-state index contributed by atoms with van der Waals surface area (Å²) in [6.45, 7) is 2.45. The molecule has 0 radical (unpaired) electrons. The molecule has 0 unspecified atom stereocenters. The summed E-state index contributed by atoms with van der Waals surface area (Å²) < 4.78 is 0. The third kappa shape index (κ3) is 2.79. The Hall–Kier alpha value is -2.62. The van der Waals surface area contributed by atoms with Gasteiger partial charge in [0.05, 0.1) is 23.9 Å². The van der Waals surface area contributed by atoms with Crippen LogP contribution in [0.15, 0.2) is 54.9 Å². The van der Waals surface area contributed by atoms with E-state index in [9.17, 15) is 4.79 Å². The van der Waals surface area contributed by atoms with E-state index >= 15 is 0 Å². The molecular weight excluding hydrogens is 262 g/mol. The Morgan fingerprint density at radius 3 is 2.76 bits per heavy atom. The Morgan fingerprint density at radius 1 is 1.19 bits per heavy atom. The van der Waals surface area contributed by atoms with Crippen LogP contribution in [0, 0.1) is 0 Å². The molecule has 4 heteroatoms. The molecule has 0 saturated heterocycles. The van der Waals surface area contributed by atoms with Crippen molar-refractivity contribution in [1.29, 1.82) is 0 Å². The molecule has 0 fully saturated rings. The van der Waals surface area contributed by atoms with Gasteiger partial charge in [0.1, 0.15) is 0 Å². The molecule has 0 spiro atoms. The van der Waals surface area contributed by atoms with Gasteiger partial charge in [0.2, 0.25) is 5.91 Å². The number of carbonyl (C=O) groups excluding carboxylic acids is 1. The summed E-state index contributed by atoms with van der Waals surface area (Å²) in [7, 11) is 0. The summed E-state index contributed by atoms with van der Waals surface area (Å²) in [5, 5.41) is 0. The van der Waals surface area contributed by atoms with Gasteiger partial charge in [-0.2, -0.15) is 0 Å². The number of para-hydroxylation sites is 1. The summed E-state index contributed by atoms with van der Waals surface area (Å²) in [6, 6.07) is 15.8. The van der Waals surface area contributed by atoms with Gasteiger partial charge in [-0.05, 0) is 29.8 Å². The second kappa shape index (κ2) is 5.79. The summed E-state index contributed by atoms with van der Waals surface area (Å²) in [5.41, 5.74) is 3.93. The number of carbonyl (C=O) groups is 1. The number of fused-ring (bicyclic) bond motifs is 1. The van der Waals surface area contributed by atoms with Gasteiger partial charge >= 0.3 is 0 Å². The lowest BCUT2D eigenvalue weighted by molar-refractivity contribution is -0.118. The highest BCUT2D eigenvalue weighted by Crippen LogP contribution is 2.20. The third-order valence-corrected chi connectivity index (χ3v) is 3.50. The maximum atomic E-state index is 12.2. The number of hydrogen-bond acceptors (Lipinski definition) is 2. The molecule has 0 atom stereocenters. The van der Waals surface area contributed by atoms with Crippen LogP contribution in [0.5, 0.6) is 0 Å². The van der Waals surface area contributed by atoms with Gasteiger partial charge in [-0.1, -0.05) is 31.2 Å². The first kappa shape index (κ1) is 13.4. The van der Waals surface area contributed by atoms with Crippen molar-refractivity contribution in [3.8, 4) is 0 Å². The number of anilines is 1. The van der Waals surface area contributed by atoms with Crippen molar-refractivity contribution >= 4 is 22.6 Å². The smallest absolute Gasteiger partial charge is 0.227 e. The number of H-pyrrole nitrogens is 1. The Morgan fingerprint density at radius 2 is 2.00 bits per heavy atom. The maximum absolute atomic E-state index is 12.2. The van der Waals surface area contributed by atoms with E-state index in [2.05, 4.69) is 9.97 Å². The number of nitrogens with zero attached hydrogens (tertiary/aromatic N) is 2. The highest BCUT2D eigenvalue weighted by atomic mass is 16.2. The van der Waals surface area contributed by atoms with Crippen LogP contribution in [0.3, 0.4) is 0 Å². The predicted molar refractivity (Wildman–Crippen MR) is 84.0 cm³/mol. The molecule has 0 saturated carbocycles. The first-order valence-corrected chi connectivity index (χ1v) is 7.05.